The van der Waals surface area contributed by atoms with E-state index < -0.39 is 0 Å². The molecule has 0 aliphatic carbocycles. The smallest absolute Gasteiger partial charge is 0.319 e. The second-order valence-corrected chi connectivity index (χ2v) is 5.07. The molecule has 0 amide bonds. The summed E-state index contributed by atoms with van der Waals surface area (Å²) in [7, 11) is 0. The first-order valence-electron chi connectivity index (χ1n) is 5.99. The zero-order valence-corrected chi connectivity index (χ0v) is 11.8. The Balaban J connectivity index is 2.80. The minimum atomic E-state index is -0.380. The predicted octanol–water partition coefficient (Wildman–Crippen LogP) is 1.33. The number of ether oxygens (including phenoxy) is 1. The second kappa shape index (κ2) is 7.81. The molecule has 0 fully saturated rings. The molecular formula is C12H17N3O3S. The van der Waals surface area contributed by atoms with Crippen LogP contribution in [-0.2, 0) is 22.7 Å². The molecule has 1 atom stereocenters. The number of imidazole rings is 1. The topological polar surface area (TPSA) is 88.1 Å². The molecule has 0 bridgehead atoms. The lowest BCUT2D eigenvalue weighted by Gasteiger charge is -2.12. The van der Waals surface area contributed by atoms with Crippen LogP contribution in [0.2, 0.25) is 0 Å². The molecule has 1 rings (SSSR count). The zero-order chi connectivity index (χ0) is 14.3. The summed E-state index contributed by atoms with van der Waals surface area (Å²) in [5.74, 6) is -0.298. The van der Waals surface area contributed by atoms with Gasteiger partial charge in [-0.1, -0.05) is 11.8 Å². The van der Waals surface area contributed by atoms with Gasteiger partial charge in [0.15, 0.2) is 5.16 Å². The lowest BCUT2D eigenvalue weighted by Crippen LogP contribution is -2.17. The van der Waals surface area contributed by atoms with Crippen molar-refractivity contribution in [3.63, 3.8) is 0 Å². The molecule has 1 heterocycles. The van der Waals surface area contributed by atoms with Crippen molar-refractivity contribution < 1.29 is 14.6 Å². The number of esters is 1. The third-order valence-electron chi connectivity index (χ3n) is 2.41. The third kappa shape index (κ3) is 4.26. The van der Waals surface area contributed by atoms with Crippen LogP contribution in [-0.4, -0.2) is 32.5 Å². The van der Waals surface area contributed by atoms with E-state index in [9.17, 15) is 9.90 Å². The number of carbonyl (C=O) groups is 1. The Morgan fingerprint density at radius 3 is 3.05 bits per heavy atom. The van der Waals surface area contributed by atoms with E-state index in [4.69, 9.17) is 10.00 Å². The highest BCUT2D eigenvalue weighted by atomic mass is 32.2. The van der Waals surface area contributed by atoms with Gasteiger partial charge in [-0.05, 0) is 13.8 Å². The number of hydrogen-bond acceptors (Lipinski definition) is 6. The molecule has 0 aromatic carbocycles. The van der Waals surface area contributed by atoms with Crippen molar-refractivity contribution in [1.29, 1.82) is 5.26 Å². The van der Waals surface area contributed by atoms with Crippen molar-refractivity contribution in [2.24, 2.45) is 0 Å². The highest BCUT2D eigenvalue weighted by molar-refractivity contribution is 8.00. The molecule has 0 radical (unpaired) electrons. The third-order valence-corrected chi connectivity index (χ3v) is 3.49. The first-order chi connectivity index (χ1) is 9.13. The van der Waals surface area contributed by atoms with Gasteiger partial charge in [-0.3, -0.25) is 4.79 Å². The maximum absolute atomic E-state index is 11.6. The van der Waals surface area contributed by atoms with E-state index in [1.54, 1.807) is 24.6 Å². The zero-order valence-electron chi connectivity index (χ0n) is 11.0. The fourth-order valence-electron chi connectivity index (χ4n) is 1.48. The minimum absolute atomic E-state index is 0.146. The normalized spacial score (nSPS) is 11.9. The van der Waals surface area contributed by atoms with Gasteiger partial charge in [0, 0.05) is 6.54 Å². The quantitative estimate of drug-likeness (QED) is 0.600. The SMILES string of the molecule is CCOC(=O)C(C)Sc1ncc(CO)n1CCC#N. The summed E-state index contributed by atoms with van der Waals surface area (Å²) in [6, 6.07) is 2.05. The summed E-state index contributed by atoms with van der Waals surface area (Å²) >= 11 is 1.26. The van der Waals surface area contributed by atoms with Gasteiger partial charge in [0.05, 0.1) is 37.6 Å². The van der Waals surface area contributed by atoms with Crippen LogP contribution in [0.4, 0.5) is 0 Å². The van der Waals surface area contributed by atoms with E-state index in [-0.39, 0.29) is 17.8 Å². The largest absolute Gasteiger partial charge is 0.465 e. The van der Waals surface area contributed by atoms with Gasteiger partial charge in [0.1, 0.15) is 5.25 Å². The number of nitriles is 1. The fraction of sp³-hybridized carbons (Fsp3) is 0.583. The second-order valence-electron chi connectivity index (χ2n) is 3.76. The molecular weight excluding hydrogens is 266 g/mol. The molecule has 1 aromatic heterocycles. The molecule has 104 valence electrons. The first kappa shape index (κ1) is 15.5. The summed E-state index contributed by atoms with van der Waals surface area (Å²) in [6.45, 7) is 4.14. The van der Waals surface area contributed by atoms with E-state index in [2.05, 4.69) is 4.98 Å². The lowest BCUT2D eigenvalue weighted by molar-refractivity contribution is -0.142. The number of aliphatic hydroxyl groups excluding tert-OH is 1. The van der Waals surface area contributed by atoms with Crippen molar-refractivity contribution in [2.45, 2.75) is 43.8 Å². The van der Waals surface area contributed by atoms with E-state index in [0.717, 1.165) is 0 Å². The van der Waals surface area contributed by atoms with Gasteiger partial charge < -0.3 is 14.4 Å². The number of nitrogens with zero attached hydrogens (tertiary/aromatic N) is 3. The monoisotopic (exact) mass is 283 g/mol. The average molecular weight is 283 g/mol. The molecule has 0 saturated heterocycles. The Morgan fingerprint density at radius 2 is 2.47 bits per heavy atom. The maximum Gasteiger partial charge on any atom is 0.319 e. The van der Waals surface area contributed by atoms with E-state index in [0.29, 0.717) is 30.4 Å². The average Bonchev–Trinajstić information content (AvgIpc) is 2.78. The fourth-order valence-corrected chi connectivity index (χ4v) is 2.41. The van der Waals surface area contributed by atoms with Gasteiger partial charge in [-0.15, -0.1) is 0 Å². The molecule has 1 unspecified atom stereocenters. The Labute approximate surface area is 116 Å². The Morgan fingerprint density at radius 1 is 1.74 bits per heavy atom. The van der Waals surface area contributed by atoms with Crippen molar-refractivity contribution >= 4 is 17.7 Å². The van der Waals surface area contributed by atoms with Gasteiger partial charge in [-0.2, -0.15) is 5.26 Å². The Bertz CT molecular complexity index is 467. The number of aromatic nitrogens is 2. The molecule has 19 heavy (non-hydrogen) atoms. The van der Waals surface area contributed by atoms with Crippen molar-refractivity contribution in [2.75, 3.05) is 6.61 Å². The van der Waals surface area contributed by atoms with Crippen molar-refractivity contribution in [3.05, 3.63) is 11.9 Å². The van der Waals surface area contributed by atoms with Crippen LogP contribution in [0.25, 0.3) is 0 Å². The Kier molecular flexibility index (Phi) is 6.39. The van der Waals surface area contributed by atoms with Crippen LogP contribution in [0, 0.1) is 11.3 Å². The van der Waals surface area contributed by atoms with Gasteiger partial charge in [0.25, 0.3) is 0 Å². The molecule has 1 N–H and O–H groups in total. The van der Waals surface area contributed by atoms with Crippen molar-refractivity contribution in [1.82, 2.24) is 9.55 Å². The lowest BCUT2D eigenvalue weighted by atomic mass is 10.4. The first-order valence-corrected chi connectivity index (χ1v) is 6.87. The number of hydrogen-bond donors (Lipinski definition) is 1. The van der Waals surface area contributed by atoms with Crippen LogP contribution >= 0.6 is 11.8 Å². The summed E-state index contributed by atoms with van der Waals surface area (Å²) in [4.78, 5) is 15.7. The van der Waals surface area contributed by atoms with Crippen molar-refractivity contribution in [3.8, 4) is 6.07 Å². The molecule has 0 spiro atoms. The summed E-state index contributed by atoms with van der Waals surface area (Å²) in [5.41, 5.74) is 0.633. The van der Waals surface area contributed by atoms with Crippen LogP contribution in [0.3, 0.4) is 0 Å². The maximum atomic E-state index is 11.6. The number of carbonyl (C=O) groups excluding carboxylic acids is 1. The van der Waals surface area contributed by atoms with E-state index >= 15 is 0 Å². The standard InChI is InChI=1S/C12H17N3O3S/c1-3-18-11(17)9(2)19-12-14-7-10(8-16)15(12)6-4-5-13/h7,9,16H,3-4,6,8H2,1-2H3. The predicted molar refractivity (Wildman–Crippen MR) is 70.3 cm³/mol. The molecule has 0 aliphatic rings. The van der Waals surface area contributed by atoms with Crippen LogP contribution < -0.4 is 0 Å². The molecule has 6 nitrogen and oxygen atoms in total. The molecule has 7 heteroatoms. The summed E-state index contributed by atoms with van der Waals surface area (Å²) in [6.07, 6.45) is 1.88. The van der Waals surface area contributed by atoms with E-state index in [1.807, 2.05) is 6.07 Å². The van der Waals surface area contributed by atoms with Crippen LogP contribution in [0.15, 0.2) is 11.4 Å². The summed E-state index contributed by atoms with van der Waals surface area (Å²) < 4.78 is 6.69. The van der Waals surface area contributed by atoms with Crippen LogP contribution in [0.5, 0.6) is 0 Å². The number of rotatable bonds is 7. The Hall–Kier alpha value is -1.52. The van der Waals surface area contributed by atoms with Gasteiger partial charge in [-0.25, -0.2) is 4.98 Å². The van der Waals surface area contributed by atoms with Crippen LogP contribution in [0.1, 0.15) is 26.0 Å². The number of thioether (sulfide) groups is 1. The molecule has 1 aromatic rings. The van der Waals surface area contributed by atoms with E-state index in [1.165, 1.54) is 11.8 Å². The highest BCUT2D eigenvalue weighted by Gasteiger charge is 2.19. The van der Waals surface area contributed by atoms with Gasteiger partial charge >= 0.3 is 5.97 Å². The number of aliphatic hydroxyl groups is 1. The highest BCUT2D eigenvalue weighted by Crippen LogP contribution is 2.24. The van der Waals surface area contributed by atoms with Gasteiger partial charge in [0.2, 0.25) is 0 Å². The minimum Gasteiger partial charge on any atom is -0.465 e. The summed E-state index contributed by atoms with van der Waals surface area (Å²) in [5, 5.41) is 18.1. The molecule has 0 saturated carbocycles. The molecule has 0 aliphatic heterocycles.